The van der Waals surface area contributed by atoms with Crippen LogP contribution in [0.15, 0.2) is 30.3 Å². The zero-order valence-electron chi connectivity index (χ0n) is 12.4. The lowest BCUT2D eigenvalue weighted by molar-refractivity contribution is 0.282. The molecule has 0 aliphatic rings. The summed E-state index contributed by atoms with van der Waals surface area (Å²) in [6, 6.07) is 9.80. The highest BCUT2D eigenvalue weighted by Gasteiger charge is 2.12. The van der Waals surface area contributed by atoms with E-state index < -0.39 is 0 Å². The van der Waals surface area contributed by atoms with E-state index in [4.69, 9.17) is 32.7 Å². The molecule has 2 aromatic rings. The van der Waals surface area contributed by atoms with E-state index in [1.54, 1.807) is 19.2 Å². The van der Waals surface area contributed by atoms with Gasteiger partial charge in [-0.25, -0.2) is 0 Å². The number of methoxy groups -OCH3 is 1. The number of hydrogen-bond acceptors (Lipinski definition) is 2. The lowest BCUT2D eigenvalue weighted by Gasteiger charge is -2.15. The van der Waals surface area contributed by atoms with Gasteiger partial charge in [0.15, 0.2) is 11.5 Å². The van der Waals surface area contributed by atoms with E-state index in [0.717, 1.165) is 11.1 Å². The van der Waals surface area contributed by atoms with Gasteiger partial charge in [0, 0.05) is 16.7 Å². The average Bonchev–Trinajstić information content (AvgIpc) is 2.48. The molecule has 0 aliphatic carbocycles. The van der Waals surface area contributed by atoms with Crippen molar-refractivity contribution in [1.82, 2.24) is 0 Å². The van der Waals surface area contributed by atoms with Crippen LogP contribution in [-0.2, 0) is 12.5 Å². The van der Waals surface area contributed by atoms with E-state index in [1.807, 2.05) is 0 Å². The van der Waals surface area contributed by atoms with Crippen molar-refractivity contribution in [3.05, 3.63) is 57.6 Å². The minimum atomic E-state index is 0.319. The van der Waals surface area contributed by atoms with Crippen LogP contribution in [0, 0.1) is 13.8 Å². The molecule has 0 radical (unpaired) electrons. The van der Waals surface area contributed by atoms with E-state index in [-0.39, 0.29) is 0 Å². The van der Waals surface area contributed by atoms with Gasteiger partial charge < -0.3 is 9.47 Å². The third-order valence-electron chi connectivity index (χ3n) is 3.41. The zero-order chi connectivity index (χ0) is 15.4. The van der Waals surface area contributed by atoms with Crippen LogP contribution in [0.3, 0.4) is 0 Å². The van der Waals surface area contributed by atoms with Crippen LogP contribution in [0.2, 0.25) is 5.02 Å². The number of rotatable bonds is 5. The fourth-order valence-corrected chi connectivity index (χ4v) is 2.52. The number of hydrogen-bond donors (Lipinski definition) is 0. The maximum Gasteiger partial charge on any atom is 0.166 e. The molecule has 0 spiro atoms. The molecule has 0 unspecified atom stereocenters. The first-order valence-electron chi connectivity index (χ1n) is 6.66. The van der Waals surface area contributed by atoms with Crippen molar-refractivity contribution in [2.45, 2.75) is 26.3 Å². The number of aryl methyl sites for hydroxylation is 2. The second kappa shape index (κ2) is 7.06. The van der Waals surface area contributed by atoms with Gasteiger partial charge in [0.2, 0.25) is 0 Å². The van der Waals surface area contributed by atoms with Gasteiger partial charge in [-0.05, 0) is 36.6 Å². The molecule has 0 atom stereocenters. The topological polar surface area (TPSA) is 18.5 Å². The zero-order valence-corrected chi connectivity index (χ0v) is 13.9. The summed E-state index contributed by atoms with van der Waals surface area (Å²) in [6.07, 6.45) is 0. The third kappa shape index (κ3) is 3.84. The maximum absolute atomic E-state index is 6.04. The smallest absolute Gasteiger partial charge is 0.166 e. The Balaban J connectivity index is 2.24. The first-order valence-corrected chi connectivity index (χ1v) is 7.57. The molecule has 2 aromatic carbocycles. The van der Waals surface area contributed by atoms with Crippen molar-refractivity contribution in [3.8, 4) is 11.5 Å². The Kier molecular flexibility index (Phi) is 5.38. The molecule has 0 aromatic heterocycles. The Labute approximate surface area is 135 Å². The second-order valence-electron chi connectivity index (χ2n) is 4.94. The molecule has 0 heterocycles. The molecule has 0 amide bonds. The number of benzene rings is 2. The SMILES string of the molecule is COc1cc(Cl)cc(CCl)c1OCc1ccc(C)c(C)c1. The largest absolute Gasteiger partial charge is 0.493 e. The maximum atomic E-state index is 6.04. The van der Waals surface area contributed by atoms with Gasteiger partial charge in [-0.15, -0.1) is 11.6 Å². The van der Waals surface area contributed by atoms with Gasteiger partial charge in [-0.3, -0.25) is 0 Å². The quantitative estimate of drug-likeness (QED) is 0.696. The van der Waals surface area contributed by atoms with Gasteiger partial charge in [0.1, 0.15) is 6.61 Å². The van der Waals surface area contributed by atoms with Crippen LogP contribution < -0.4 is 9.47 Å². The molecule has 0 saturated heterocycles. The Morgan fingerprint density at radius 2 is 1.81 bits per heavy atom. The lowest BCUT2D eigenvalue weighted by atomic mass is 10.1. The van der Waals surface area contributed by atoms with Crippen LogP contribution in [0.25, 0.3) is 0 Å². The summed E-state index contributed by atoms with van der Waals surface area (Å²) in [5, 5.41) is 0.584. The fourth-order valence-electron chi connectivity index (χ4n) is 2.09. The Hall–Kier alpha value is -1.38. The average molecular weight is 325 g/mol. The van der Waals surface area contributed by atoms with E-state index in [0.29, 0.717) is 29.0 Å². The predicted molar refractivity (Wildman–Crippen MR) is 87.8 cm³/mol. The summed E-state index contributed by atoms with van der Waals surface area (Å²) in [5.41, 5.74) is 4.45. The first-order chi connectivity index (χ1) is 10.0. The lowest BCUT2D eigenvalue weighted by Crippen LogP contribution is -2.01. The summed E-state index contributed by atoms with van der Waals surface area (Å²) in [7, 11) is 1.59. The molecule has 0 N–H and O–H groups in total. The van der Waals surface area contributed by atoms with Crippen molar-refractivity contribution >= 4 is 23.2 Å². The summed E-state index contributed by atoms with van der Waals surface area (Å²) < 4.78 is 11.2. The normalized spacial score (nSPS) is 10.5. The molecule has 2 nitrogen and oxygen atoms in total. The highest BCUT2D eigenvalue weighted by molar-refractivity contribution is 6.31. The molecular formula is C17H18Cl2O2. The second-order valence-corrected chi connectivity index (χ2v) is 5.64. The highest BCUT2D eigenvalue weighted by Crippen LogP contribution is 2.36. The predicted octanol–water partition coefficient (Wildman–Crippen LogP) is 5.28. The summed E-state index contributed by atoms with van der Waals surface area (Å²) in [5.74, 6) is 1.57. The van der Waals surface area contributed by atoms with Crippen LogP contribution in [-0.4, -0.2) is 7.11 Å². The van der Waals surface area contributed by atoms with Gasteiger partial charge in [0.05, 0.1) is 13.0 Å². The Bertz CT molecular complexity index is 614. The number of alkyl halides is 1. The van der Waals surface area contributed by atoms with Crippen molar-refractivity contribution in [2.24, 2.45) is 0 Å². The third-order valence-corrected chi connectivity index (χ3v) is 3.92. The summed E-state index contributed by atoms with van der Waals surface area (Å²) in [4.78, 5) is 0. The Morgan fingerprint density at radius 1 is 1.05 bits per heavy atom. The molecule has 2 rings (SSSR count). The highest BCUT2D eigenvalue weighted by atomic mass is 35.5. The molecule has 0 bridgehead atoms. The minimum absolute atomic E-state index is 0.319. The van der Waals surface area contributed by atoms with E-state index in [9.17, 15) is 0 Å². The number of halogens is 2. The van der Waals surface area contributed by atoms with Gasteiger partial charge in [-0.2, -0.15) is 0 Å². The van der Waals surface area contributed by atoms with Gasteiger partial charge >= 0.3 is 0 Å². The van der Waals surface area contributed by atoms with E-state index in [1.165, 1.54) is 11.1 Å². The summed E-state index contributed by atoms with van der Waals surface area (Å²) in [6.45, 7) is 4.64. The van der Waals surface area contributed by atoms with Crippen molar-refractivity contribution < 1.29 is 9.47 Å². The van der Waals surface area contributed by atoms with E-state index >= 15 is 0 Å². The van der Waals surface area contributed by atoms with Gasteiger partial charge in [-0.1, -0.05) is 29.8 Å². The molecule has 0 fully saturated rings. The minimum Gasteiger partial charge on any atom is -0.493 e. The van der Waals surface area contributed by atoms with Crippen molar-refractivity contribution in [2.75, 3.05) is 7.11 Å². The molecular weight excluding hydrogens is 307 g/mol. The summed E-state index contributed by atoms with van der Waals surface area (Å²) >= 11 is 12.0. The first kappa shape index (κ1) is 16.0. The molecule has 112 valence electrons. The fraction of sp³-hybridized carbons (Fsp3) is 0.294. The van der Waals surface area contributed by atoms with E-state index in [2.05, 4.69) is 32.0 Å². The molecule has 4 heteroatoms. The monoisotopic (exact) mass is 324 g/mol. The van der Waals surface area contributed by atoms with Crippen LogP contribution in [0.1, 0.15) is 22.3 Å². The molecule has 0 aliphatic heterocycles. The molecule has 0 saturated carbocycles. The standard InChI is InChI=1S/C17H18Cl2O2/c1-11-4-5-13(6-12(11)2)10-21-17-14(9-18)7-15(19)8-16(17)20-3/h4-8H,9-10H2,1-3H3. The van der Waals surface area contributed by atoms with Gasteiger partial charge in [0.25, 0.3) is 0 Å². The molecule has 21 heavy (non-hydrogen) atoms. The van der Waals surface area contributed by atoms with Crippen molar-refractivity contribution in [3.63, 3.8) is 0 Å². The van der Waals surface area contributed by atoms with Crippen LogP contribution >= 0.6 is 23.2 Å². The van der Waals surface area contributed by atoms with Crippen LogP contribution in [0.4, 0.5) is 0 Å². The number of ether oxygens (including phenoxy) is 2. The van der Waals surface area contributed by atoms with Crippen molar-refractivity contribution in [1.29, 1.82) is 0 Å². The Morgan fingerprint density at radius 3 is 2.43 bits per heavy atom. The van der Waals surface area contributed by atoms with Crippen LogP contribution in [0.5, 0.6) is 11.5 Å².